The highest BCUT2D eigenvalue weighted by Gasteiger charge is 2.20. The van der Waals surface area contributed by atoms with Crippen molar-refractivity contribution in [2.45, 2.75) is 52.5 Å². The molecular formula is C14H25ClN4O. The zero-order chi connectivity index (χ0) is 14.6. The van der Waals surface area contributed by atoms with Gasteiger partial charge in [0.25, 0.3) is 0 Å². The largest absolute Gasteiger partial charge is 0.322 e. The minimum absolute atomic E-state index is 0. The van der Waals surface area contributed by atoms with Gasteiger partial charge in [-0.1, -0.05) is 41.0 Å². The molecule has 0 aliphatic heterocycles. The maximum atomic E-state index is 11.9. The van der Waals surface area contributed by atoms with E-state index in [1.807, 2.05) is 34.6 Å². The van der Waals surface area contributed by atoms with Crippen LogP contribution in [0.15, 0.2) is 12.4 Å². The molecule has 20 heavy (non-hydrogen) atoms. The molecule has 0 radical (unpaired) electrons. The van der Waals surface area contributed by atoms with Crippen molar-refractivity contribution >= 4 is 24.0 Å². The van der Waals surface area contributed by atoms with Crippen molar-refractivity contribution in [3.05, 3.63) is 18.2 Å². The van der Waals surface area contributed by atoms with Crippen molar-refractivity contribution in [3.8, 4) is 0 Å². The summed E-state index contributed by atoms with van der Waals surface area (Å²) in [6.45, 7) is 10.1. The maximum Gasteiger partial charge on any atom is 0.241 e. The monoisotopic (exact) mass is 300 g/mol. The molecule has 0 saturated heterocycles. The van der Waals surface area contributed by atoms with E-state index in [1.165, 1.54) is 0 Å². The van der Waals surface area contributed by atoms with E-state index in [4.69, 9.17) is 5.73 Å². The topological polar surface area (TPSA) is 80.9 Å². The molecule has 0 bridgehead atoms. The third-order valence-corrected chi connectivity index (χ3v) is 3.15. The van der Waals surface area contributed by atoms with Crippen LogP contribution in [0.2, 0.25) is 0 Å². The Labute approximate surface area is 127 Å². The van der Waals surface area contributed by atoms with E-state index in [-0.39, 0.29) is 29.6 Å². The number of anilines is 1. The number of amides is 1. The Morgan fingerprint density at radius 2 is 1.85 bits per heavy atom. The van der Waals surface area contributed by atoms with E-state index >= 15 is 0 Å². The van der Waals surface area contributed by atoms with Gasteiger partial charge in [-0.25, -0.2) is 9.97 Å². The third-order valence-electron chi connectivity index (χ3n) is 3.15. The van der Waals surface area contributed by atoms with Crippen LogP contribution in [0.1, 0.15) is 46.9 Å². The molecule has 5 nitrogen and oxygen atoms in total. The first-order valence-electron chi connectivity index (χ1n) is 6.64. The molecule has 1 heterocycles. The molecule has 114 valence electrons. The molecule has 0 saturated carbocycles. The number of hydrogen-bond acceptors (Lipinski definition) is 4. The number of nitrogens with one attached hydrogen (secondary N) is 1. The van der Waals surface area contributed by atoms with E-state index in [0.29, 0.717) is 5.69 Å². The van der Waals surface area contributed by atoms with E-state index in [1.54, 1.807) is 12.4 Å². The second-order valence-corrected chi connectivity index (χ2v) is 5.95. The van der Waals surface area contributed by atoms with Gasteiger partial charge in [0.15, 0.2) is 0 Å². The number of aromatic nitrogens is 2. The third kappa shape index (κ3) is 5.06. The lowest BCUT2D eigenvalue weighted by Crippen LogP contribution is -2.40. The lowest BCUT2D eigenvalue weighted by molar-refractivity contribution is -0.118. The lowest BCUT2D eigenvalue weighted by Gasteiger charge is -2.18. The van der Waals surface area contributed by atoms with Crippen LogP contribution < -0.4 is 11.1 Å². The Balaban J connectivity index is 0.00000361. The molecule has 0 spiro atoms. The SMILES string of the molecule is CCC(C)C(N)C(=O)Nc1cnc(C(C)(C)C)nc1.Cl. The van der Waals surface area contributed by atoms with Crippen molar-refractivity contribution in [2.75, 3.05) is 5.32 Å². The van der Waals surface area contributed by atoms with Crippen molar-refractivity contribution in [1.82, 2.24) is 9.97 Å². The van der Waals surface area contributed by atoms with E-state index < -0.39 is 6.04 Å². The summed E-state index contributed by atoms with van der Waals surface area (Å²) in [5.74, 6) is 0.702. The first-order chi connectivity index (χ1) is 8.75. The normalized spacial score (nSPS) is 14.1. The van der Waals surface area contributed by atoms with Crippen LogP contribution in [0.3, 0.4) is 0 Å². The van der Waals surface area contributed by atoms with Crippen LogP contribution in [-0.4, -0.2) is 21.9 Å². The van der Waals surface area contributed by atoms with E-state index in [2.05, 4.69) is 15.3 Å². The Morgan fingerprint density at radius 1 is 1.35 bits per heavy atom. The first kappa shape index (κ1) is 18.8. The van der Waals surface area contributed by atoms with Crippen LogP contribution in [0, 0.1) is 5.92 Å². The zero-order valence-corrected chi connectivity index (χ0v) is 13.6. The fraction of sp³-hybridized carbons (Fsp3) is 0.643. The average molecular weight is 301 g/mol. The number of nitrogens with two attached hydrogens (primary N) is 1. The van der Waals surface area contributed by atoms with Crippen LogP contribution in [0.25, 0.3) is 0 Å². The van der Waals surface area contributed by atoms with Gasteiger partial charge < -0.3 is 11.1 Å². The van der Waals surface area contributed by atoms with Gasteiger partial charge in [0.2, 0.25) is 5.91 Å². The molecule has 3 N–H and O–H groups in total. The Hall–Kier alpha value is -1.20. The first-order valence-corrected chi connectivity index (χ1v) is 6.64. The van der Waals surface area contributed by atoms with Crippen LogP contribution in [-0.2, 0) is 10.2 Å². The number of carbonyl (C=O) groups is 1. The maximum absolute atomic E-state index is 11.9. The van der Waals surface area contributed by atoms with Crippen molar-refractivity contribution in [1.29, 1.82) is 0 Å². The molecule has 2 atom stereocenters. The Bertz CT molecular complexity index is 428. The molecule has 6 heteroatoms. The second kappa shape index (κ2) is 7.55. The summed E-state index contributed by atoms with van der Waals surface area (Å²) in [4.78, 5) is 20.4. The molecule has 0 aliphatic carbocycles. The zero-order valence-electron chi connectivity index (χ0n) is 12.8. The van der Waals surface area contributed by atoms with Gasteiger partial charge in [0.05, 0.1) is 24.1 Å². The van der Waals surface area contributed by atoms with Gasteiger partial charge in [-0.05, 0) is 5.92 Å². The van der Waals surface area contributed by atoms with Crippen molar-refractivity contribution in [3.63, 3.8) is 0 Å². The smallest absolute Gasteiger partial charge is 0.241 e. The van der Waals surface area contributed by atoms with Crippen LogP contribution in [0.5, 0.6) is 0 Å². The second-order valence-electron chi connectivity index (χ2n) is 5.95. The highest BCUT2D eigenvalue weighted by Crippen LogP contribution is 2.18. The molecule has 1 amide bonds. The summed E-state index contributed by atoms with van der Waals surface area (Å²) in [5, 5.41) is 2.75. The van der Waals surface area contributed by atoms with Crippen LogP contribution in [0.4, 0.5) is 5.69 Å². The standard InChI is InChI=1S/C14H24N4O.ClH/c1-6-9(2)11(15)12(19)18-10-7-16-13(17-8-10)14(3,4)5;/h7-9,11H,6,15H2,1-5H3,(H,18,19);1H. The number of halogens is 1. The molecule has 2 unspecified atom stereocenters. The lowest BCUT2D eigenvalue weighted by atomic mass is 9.96. The molecule has 0 fully saturated rings. The Morgan fingerprint density at radius 3 is 2.25 bits per heavy atom. The molecule has 0 aliphatic rings. The summed E-state index contributed by atoms with van der Waals surface area (Å²) in [5.41, 5.74) is 6.34. The van der Waals surface area contributed by atoms with Gasteiger partial charge in [-0.2, -0.15) is 0 Å². The molecular weight excluding hydrogens is 276 g/mol. The highest BCUT2D eigenvalue weighted by atomic mass is 35.5. The van der Waals surface area contributed by atoms with Gasteiger partial charge in [-0.3, -0.25) is 4.79 Å². The summed E-state index contributed by atoms with van der Waals surface area (Å²) in [7, 11) is 0. The van der Waals surface area contributed by atoms with E-state index in [0.717, 1.165) is 12.2 Å². The highest BCUT2D eigenvalue weighted by molar-refractivity contribution is 5.94. The van der Waals surface area contributed by atoms with E-state index in [9.17, 15) is 4.79 Å². The van der Waals surface area contributed by atoms with Gasteiger partial charge in [0.1, 0.15) is 5.82 Å². The molecule has 1 aromatic heterocycles. The predicted molar refractivity (Wildman–Crippen MR) is 84.0 cm³/mol. The van der Waals surface area contributed by atoms with Crippen molar-refractivity contribution < 1.29 is 4.79 Å². The quantitative estimate of drug-likeness (QED) is 0.895. The number of rotatable bonds is 4. The predicted octanol–water partition coefficient (Wildman–Crippen LogP) is 2.51. The summed E-state index contributed by atoms with van der Waals surface area (Å²) in [6.07, 6.45) is 4.11. The summed E-state index contributed by atoms with van der Waals surface area (Å²) >= 11 is 0. The number of carbonyl (C=O) groups excluding carboxylic acids is 1. The van der Waals surface area contributed by atoms with Gasteiger partial charge >= 0.3 is 0 Å². The van der Waals surface area contributed by atoms with Gasteiger partial charge in [0, 0.05) is 5.41 Å². The Kier molecular flexibility index (Phi) is 7.09. The fourth-order valence-corrected chi connectivity index (χ4v) is 1.52. The number of hydrogen-bond donors (Lipinski definition) is 2. The molecule has 0 aromatic carbocycles. The minimum atomic E-state index is -0.507. The van der Waals surface area contributed by atoms with Gasteiger partial charge in [-0.15, -0.1) is 12.4 Å². The average Bonchev–Trinajstić information content (AvgIpc) is 2.36. The van der Waals surface area contributed by atoms with Crippen LogP contribution >= 0.6 is 12.4 Å². The summed E-state index contributed by atoms with van der Waals surface area (Å²) < 4.78 is 0. The number of nitrogens with zero attached hydrogens (tertiary/aromatic N) is 2. The fourth-order valence-electron chi connectivity index (χ4n) is 1.52. The minimum Gasteiger partial charge on any atom is -0.322 e. The summed E-state index contributed by atoms with van der Waals surface area (Å²) in [6, 6.07) is -0.507. The molecule has 1 rings (SSSR count). The van der Waals surface area contributed by atoms with Crippen molar-refractivity contribution in [2.24, 2.45) is 11.7 Å². The molecule has 1 aromatic rings.